The molecule has 0 spiro atoms. The van der Waals surface area contributed by atoms with Crippen LogP contribution in [0.15, 0.2) is 12.1 Å². The van der Waals surface area contributed by atoms with E-state index in [9.17, 15) is 18.0 Å². The zero-order valence-electron chi connectivity index (χ0n) is 17.6. The highest BCUT2D eigenvalue weighted by Gasteiger charge is 2.39. The Hall–Kier alpha value is -2.69. The fraction of sp³-hybridized carbons (Fsp3) is 0.600. The highest BCUT2D eigenvalue weighted by Crippen LogP contribution is 2.38. The molecule has 0 radical (unpaired) electrons. The number of carbonyl (C=O) groups is 1. The predicted octanol–water partition coefficient (Wildman–Crippen LogP) is 3.24. The number of pyridine rings is 1. The highest BCUT2D eigenvalue weighted by atomic mass is 19.4. The van der Waals surface area contributed by atoms with Crippen molar-refractivity contribution in [2.24, 2.45) is 18.7 Å². The monoisotopic (exact) mass is 441 g/mol. The van der Waals surface area contributed by atoms with Gasteiger partial charge >= 0.3 is 12.1 Å². The van der Waals surface area contributed by atoms with Gasteiger partial charge in [-0.1, -0.05) is 5.21 Å². The molecule has 0 aliphatic heterocycles. The molecule has 1 aliphatic carbocycles. The minimum atomic E-state index is -4.74. The second-order valence-electron chi connectivity index (χ2n) is 7.84. The fourth-order valence-electron chi connectivity index (χ4n) is 3.66. The van der Waals surface area contributed by atoms with E-state index in [2.05, 4.69) is 15.3 Å². The molecule has 1 aliphatic rings. The quantitative estimate of drug-likeness (QED) is 0.686. The first kappa shape index (κ1) is 23.0. The first-order valence-electron chi connectivity index (χ1n) is 10.1. The van der Waals surface area contributed by atoms with Crippen LogP contribution in [0.25, 0.3) is 11.4 Å². The third kappa shape index (κ3) is 5.33. The van der Waals surface area contributed by atoms with Gasteiger partial charge in [-0.05, 0) is 51.7 Å². The molecule has 3 rings (SSSR count). The van der Waals surface area contributed by atoms with Crippen LogP contribution < -0.4 is 10.5 Å². The molecule has 31 heavy (non-hydrogen) atoms. The van der Waals surface area contributed by atoms with E-state index in [0.717, 1.165) is 0 Å². The van der Waals surface area contributed by atoms with Crippen molar-refractivity contribution in [2.75, 3.05) is 0 Å². The standard InChI is InChI=1S/C20H26F3N5O3/c1-11(2)30-19(29)12-5-4-6-13(9-12)31-16-8-7-14(25-18(16)20(21,22)23)17-15(10-24)28(3)27-26-17/h7-8,11-13H,4-6,9-10,24H2,1-3H3/t12-,13-/m0/s1. The van der Waals surface area contributed by atoms with E-state index in [1.165, 1.54) is 16.8 Å². The number of carbonyl (C=O) groups excluding carboxylic acids is 1. The van der Waals surface area contributed by atoms with Gasteiger partial charge in [-0.25, -0.2) is 4.98 Å². The van der Waals surface area contributed by atoms with Crippen LogP contribution >= 0.6 is 0 Å². The Kier molecular flexibility index (Phi) is 6.83. The number of hydrogen-bond donors (Lipinski definition) is 1. The van der Waals surface area contributed by atoms with Crippen molar-refractivity contribution in [2.45, 2.75) is 64.5 Å². The first-order valence-corrected chi connectivity index (χ1v) is 10.1. The second kappa shape index (κ2) is 9.21. The molecule has 0 unspecified atom stereocenters. The summed E-state index contributed by atoms with van der Waals surface area (Å²) < 4.78 is 53.6. The molecule has 0 aromatic carbocycles. The normalized spacial score (nSPS) is 19.5. The number of hydrogen-bond acceptors (Lipinski definition) is 7. The number of nitrogens with two attached hydrogens (primary N) is 1. The lowest BCUT2D eigenvalue weighted by molar-refractivity contribution is -0.155. The Morgan fingerprint density at radius 3 is 2.71 bits per heavy atom. The van der Waals surface area contributed by atoms with Gasteiger partial charge in [-0.3, -0.25) is 9.48 Å². The molecule has 0 amide bonds. The maximum absolute atomic E-state index is 13.8. The van der Waals surface area contributed by atoms with Crippen LogP contribution in [0.2, 0.25) is 0 Å². The Morgan fingerprint density at radius 2 is 2.06 bits per heavy atom. The summed E-state index contributed by atoms with van der Waals surface area (Å²) in [5.41, 5.74) is 5.18. The van der Waals surface area contributed by atoms with E-state index < -0.39 is 23.9 Å². The number of aryl methyl sites for hydroxylation is 1. The van der Waals surface area contributed by atoms with Gasteiger partial charge in [-0.15, -0.1) is 5.10 Å². The van der Waals surface area contributed by atoms with E-state index in [-0.39, 0.29) is 35.8 Å². The van der Waals surface area contributed by atoms with E-state index in [1.807, 2.05) is 0 Å². The topological polar surface area (TPSA) is 105 Å². The molecule has 2 heterocycles. The highest BCUT2D eigenvalue weighted by molar-refractivity contribution is 5.72. The summed E-state index contributed by atoms with van der Waals surface area (Å²) >= 11 is 0. The number of ether oxygens (including phenoxy) is 2. The van der Waals surface area contributed by atoms with Gasteiger partial charge in [0.1, 0.15) is 5.69 Å². The van der Waals surface area contributed by atoms with Crippen LogP contribution in [0.5, 0.6) is 5.75 Å². The van der Waals surface area contributed by atoms with Gasteiger partial charge in [0.05, 0.1) is 29.5 Å². The van der Waals surface area contributed by atoms with Crippen molar-refractivity contribution in [1.29, 1.82) is 0 Å². The van der Waals surface area contributed by atoms with Gasteiger partial charge in [0.2, 0.25) is 0 Å². The minimum Gasteiger partial charge on any atom is -0.488 e. The van der Waals surface area contributed by atoms with Crippen LogP contribution in [0.4, 0.5) is 13.2 Å². The molecule has 0 saturated heterocycles. The molecule has 11 heteroatoms. The van der Waals surface area contributed by atoms with E-state index in [4.69, 9.17) is 15.2 Å². The van der Waals surface area contributed by atoms with Crippen molar-refractivity contribution >= 4 is 5.97 Å². The van der Waals surface area contributed by atoms with Crippen molar-refractivity contribution in [3.8, 4) is 17.1 Å². The lowest BCUT2D eigenvalue weighted by atomic mass is 9.87. The summed E-state index contributed by atoms with van der Waals surface area (Å²) in [6, 6.07) is 2.64. The number of nitrogens with zero attached hydrogens (tertiary/aromatic N) is 4. The Balaban J connectivity index is 1.85. The first-order chi connectivity index (χ1) is 14.6. The van der Waals surface area contributed by atoms with Crippen molar-refractivity contribution < 1.29 is 27.4 Å². The largest absolute Gasteiger partial charge is 0.488 e. The van der Waals surface area contributed by atoms with Crippen LogP contribution in [-0.4, -0.2) is 38.2 Å². The van der Waals surface area contributed by atoms with Crippen LogP contribution in [-0.2, 0) is 29.3 Å². The van der Waals surface area contributed by atoms with E-state index in [1.54, 1.807) is 20.9 Å². The van der Waals surface area contributed by atoms with Gasteiger partial charge in [0, 0.05) is 13.6 Å². The second-order valence-corrected chi connectivity index (χ2v) is 7.84. The lowest BCUT2D eigenvalue weighted by Crippen LogP contribution is -2.32. The smallest absolute Gasteiger partial charge is 0.437 e. The average molecular weight is 441 g/mol. The number of esters is 1. The molecular formula is C20H26F3N5O3. The zero-order valence-corrected chi connectivity index (χ0v) is 17.6. The predicted molar refractivity (Wildman–Crippen MR) is 105 cm³/mol. The van der Waals surface area contributed by atoms with Gasteiger partial charge < -0.3 is 15.2 Å². The van der Waals surface area contributed by atoms with Crippen molar-refractivity contribution in [1.82, 2.24) is 20.0 Å². The molecule has 170 valence electrons. The maximum Gasteiger partial charge on any atom is 0.437 e. The van der Waals surface area contributed by atoms with Crippen molar-refractivity contribution in [3.05, 3.63) is 23.5 Å². The number of aromatic nitrogens is 4. The lowest BCUT2D eigenvalue weighted by Gasteiger charge is -2.29. The number of halogens is 3. The van der Waals surface area contributed by atoms with Crippen LogP contribution in [0, 0.1) is 5.92 Å². The molecule has 8 nitrogen and oxygen atoms in total. The minimum absolute atomic E-state index is 0.00950. The summed E-state index contributed by atoms with van der Waals surface area (Å²) in [6.07, 6.45) is -3.39. The summed E-state index contributed by atoms with van der Waals surface area (Å²) in [7, 11) is 1.60. The molecule has 2 N–H and O–H groups in total. The van der Waals surface area contributed by atoms with Crippen molar-refractivity contribution in [3.63, 3.8) is 0 Å². The van der Waals surface area contributed by atoms with Crippen LogP contribution in [0.3, 0.4) is 0 Å². The molecule has 0 bridgehead atoms. The molecule has 2 aromatic heterocycles. The average Bonchev–Trinajstić information content (AvgIpc) is 3.07. The third-order valence-corrected chi connectivity index (χ3v) is 5.11. The molecule has 1 saturated carbocycles. The summed E-state index contributed by atoms with van der Waals surface area (Å²) in [6.45, 7) is 3.56. The SMILES string of the molecule is CC(C)OC(=O)[C@H]1CCC[C@H](Oc2ccc(-c3nnn(C)c3CN)nc2C(F)(F)F)C1. The third-order valence-electron chi connectivity index (χ3n) is 5.11. The summed E-state index contributed by atoms with van der Waals surface area (Å²) in [4.78, 5) is 16.0. The Morgan fingerprint density at radius 1 is 1.32 bits per heavy atom. The fourth-order valence-corrected chi connectivity index (χ4v) is 3.66. The molecule has 1 fully saturated rings. The van der Waals surface area contributed by atoms with E-state index in [0.29, 0.717) is 31.4 Å². The Labute approximate surface area is 177 Å². The molecule has 2 aromatic rings. The maximum atomic E-state index is 13.8. The number of rotatable bonds is 6. The zero-order chi connectivity index (χ0) is 22.8. The van der Waals surface area contributed by atoms with Gasteiger partial charge in [0.15, 0.2) is 11.4 Å². The van der Waals surface area contributed by atoms with Crippen LogP contribution in [0.1, 0.15) is 50.9 Å². The van der Waals surface area contributed by atoms with Gasteiger partial charge in [0.25, 0.3) is 0 Å². The summed E-state index contributed by atoms with van der Waals surface area (Å²) in [5.74, 6) is -1.11. The molecule has 2 atom stereocenters. The van der Waals surface area contributed by atoms with Gasteiger partial charge in [-0.2, -0.15) is 13.2 Å². The summed E-state index contributed by atoms with van der Waals surface area (Å²) in [5, 5.41) is 7.70. The Bertz CT molecular complexity index is 929. The number of alkyl halides is 3. The molecular weight excluding hydrogens is 415 g/mol. The van der Waals surface area contributed by atoms with E-state index >= 15 is 0 Å².